The third-order valence-electron chi connectivity index (χ3n) is 5.70. The van der Waals surface area contributed by atoms with Gasteiger partial charge in [-0.3, -0.25) is 0 Å². The normalized spacial score (nSPS) is 11.1. The summed E-state index contributed by atoms with van der Waals surface area (Å²) in [7, 11) is 0. The van der Waals surface area contributed by atoms with Crippen molar-refractivity contribution in [3.8, 4) is 44.3 Å². The first kappa shape index (κ1) is 18.8. The van der Waals surface area contributed by atoms with Gasteiger partial charge in [-0.15, -0.1) is 11.3 Å². The summed E-state index contributed by atoms with van der Waals surface area (Å²) in [6.45, 7) is 0. The van der Waals surface area contributed by atoms with Crippen LogP contribution in [0.5, 0.6) is 0 Å². The first-order valence-electron chi connectivity index (χ1n) is 10.6. The van der Waals surface area contributed by atoms with Crippen molar-refractivity contribution in [1.82, 2.24) is 4.98 Å². The third kappa shape index (κ3) is 3.15. The summed E-state index contributed by atoms with van der Waals surface area (Å²) >= 11 is 1.64. The lowest BCUT2D eigenvalue weighted by Gasteiger charge is -2.08. The molecule has 3 heteroatoms. The van der Waals surface area contributed by atoms with Gasteiger partial charge in [0.25, 0.3) is 0 Å². The number of hydrogen-bond acceptors (Lipinski definition) is 3. The van der Waals surface area contributed by atoms with E-state index in [1.165, 1.54) is 5.56 Å². The van der Waals surface area contributed by atoms with Crippen molar-refractivity contribution in [2.24, 2.45) is 0 Å². The maximum atomic E-state index is 6.66. The topological polar surface area (TPSA) is 26.0 Å². The molecule has 32 heavy (non-hydrogen) atoms. The minimum atomic E-state index is 0.818. The molecule has 0 unspecified atom stereocenters. The number of hydrogen-bond donors (Lipinski definition) is 0. The van der Waals surface area contributed by atoms with Crippen molar-refractivity contribution in [3.63, 3.8) is 0 Å². The smallest absolute Gasteiger partial charge is 0.162 e. The molecule has 2 nitrogen and oxygen atoms in total. The number of benzene rings is 4. The quantitative estimate of drug-likeness (QED) is 0.280. The molecule has 0 fully saturated rings. The Morgan fingerprint density at radius 1 is 0.531 bits per heavy atom. The summed E-state index contributed by atoms with van der Waals surface area (Å²) in [5.41, 5.74) is 7.34. The molecule has 0 saturated heterocycles. The van der Waals surface area contributed by atoms with E-state index in [9.17, 15) is 0 Å². The molecule has 0 N–H and O–H groups in total. The molecule has 6 rings (SSSR count). The zero-order valence-electron chi connectivity index (χ0n) is 17.2. The molecule has 0 bridgehead atoms. The number of rotatable bonds is 4. The Balaban J connectivity index is 1.60. The van der Waals surface area contributed by atoms with Crippen molar-refractivity contribution in [2.75, 3.05) is 0 Å². The Labute approximate surface area is 190 Å². The van der Waals surface area contributed by atoms with Gasteiger partial charge in [-0.2, -0.15) is 0 Å². The van der Waals surface area contributed by atoms with Crippen molar-refractivity contribution < 1.29 is 4.42 Å². The van der Waals surface area contributed by atoms with Crippen LogP contribution in [0.3, 0.4) is 0 Å². The average molecular weight is 430 g/mol. The summed E-state index contributed by atoms with van der Waals surface area (Å²) < 4.78 is 6.66. The molecule has 2 aromatic heterocycles. The van der Waals surface area contributed by atoms with Gasteiger partial charge in [0.1, 0.15) is 11.5 Å². The highest BCUT2D eigenvalue weighted by atomic mass is 32.1. The Morgan fingerprint density at radius 3 is 1.81 bits per heavy atom. The number of thiazole rings is 1. The van der Waals surface area contributed by atoms with E-state index in [-0.39, 0.29) is 0 Å². The minimum absolute atomic E-state index is 0.818. The maximum Gasteiger partial charge on any atom is 0.162 e. The largest absolute Gasteiger partial charge is 0.453 e. The van der Waals surface area contributed by atoms with Gasteiger partial charge in [0.15, 0.2) is 5.76 Å². The van der Waals surface area contributed by atoms with Gasteiger partial charge in [0, 0.05) is 16.3 Å². The van der Waals surface area contributed by atoms with Crippen LogP contribution < -0.4 is 0 Å². The van der Waals surface area contributed by atoms with Crippen LogP contribution in [0.4, 0.5) is 0 Å². The fraction of sp³-hybridized carbons (Fsp3) is 0. The summed E-state index contributed by atoms with van der Waals surface area (Å²) in [5, 5.41) is 2.17. The molecular weight excluding hydrogens is 410 g/mol. The maximum absolute atomic E-state index is 6.66. The summed E-state index contributed by atoms with van der Waals surface area (Å²) in [6, 6.07) is 37.6. The van der Waals surface area contributed by atoms with E-state index in [0.29, 0.717) is 0 Å². The highest BCUT2D eigenvalue weighted by molar-refractivity contribution is 7.13. The Bertz CT molecular complexity index is 1510. The lowest BCUT2D eigenvalue weighted by atomic mass is 9.96. The fourth-order valence-corrected chi connectivity index (χ4v) is 5.01. The predicted octanol–water partition coefficient (Wildman–Crippen LogP) is 8.56. The van der Waals surface area contributed by atoms with E-state index in [1.807, 2.05) is 17.6 Å². The fourth-order valence-electron chi connectivity index (χ4n) is 4.22. The molecule has 0 amide bonds. The minimum Gasteiger partial charge on any atom is -0.453 e. The third-order valence-corrected chi connectivity index (χ3v) is 6.57. The Kier molecular flexibility index (Phi) is 4.67. The zero-order chi connectivity index (χ0) is 21.3. The Morgan fingerprint density at radius 2 is 1.09 bits per heavy atom. The van der Waals surface area contributed by atoms with Crippen LogP contribution in [0.2, 0.25) is 0 Å². The summed E-state index contributed by atoms with van der Waals surface area (Å²) in [6.07, 6.45) is 0. The highest BCUT2D eigenvalue weighted by Crippen LogP contribution is 2.45. The zero-order valence-corrected chi connectivity index (χ0v) is 18.0. The molecule has 4 aromatic carbocycles. The monoisotopic (exact) mass is 429 g/mol. The molecule has 0 atom stereocenters. The van der Waals surface area contributed by atoms with Gasteiger partial charge in [0.05, 0.1) is 10.4 Å². The molecule has 152 valence electrons. The van der Waals surface area contributed by atoms with E-state index >= 15 is 0 Å². The number of furan rings is 1. The average Bonchev–Trinajstić information content (AvgIpc) is 3.50. The van der Waals surface area contributed by atoms with Crippen LogP contribution >= 0.6 is 11.3 Å². The van der Waals surface area contributed by atoms with E-state index in [2.05, 4.69) is 97.1 Å². The molecule has 0 aliphatic rings. The van der Waals surface area contributed by atoms with Gasteiger partial charge in [0.2, 0.25) is 0 Å². The molecule has 0 aliphatic carbocycles. The molecule has 0 saturated carbocycles. The van der Waals surface area contributed by atoms with Crippen molar-refractivity contribution in [2.45, 2.75) is 0 Å². The standard InChI is InChI=1S/C29H19NOS/c1-3-11-20(12-4-1)22-15-7-8-16-23(22)27-24-17-9-10-18-25(24)28(31-27)26-29(32-19-30-26)21-13-5-2-6-14-21/h1-19H. The number of fused-ring (bicyclic) bond motifs is 1. The number of aromatic nitrogens is 1. The second-order valence-electron chi connectivity index (χ2n) is 7.61. The van der Waals surface area contributed by atoms with Crippen LogP contribution in [-0.4, -0.2) is 4.98 Å². The van der Waals surface area contributed by atoms with E-state index < -0.39 is 0 Å². The van der Waals surface area contributed by atoms with Gasteiger partial charge in [-0.25, -0.2) is 4.98 Å². The van der Waals surface area contributed by atoms with Crippen molar-refractivity contribution in [1.29, 1.82) is 0 Å². The number of nitrogens with zero attached hydrogens (tertiary/aromatic N) is 1. The predicted molar refractivity (Wildman–Crippen MR) is 134 cm³/mol. The van der Waals surface area contributed by atoms with Crippen LogP contribution in [0, 0.1) is 0 Å². The van der Waals surface area contributed by atoms with Crippen LogP contribution in [0.15, 0.2) is 119 Å². The van der Waals surface area contributed by atoms with Gasteiger partial charge in [-0.05, 0) is 16.7 Å². The van der Waals surface area contributed by atoms with Crippen LogP contribution in [-0.2, 0) is 0 Å². The van der Waals surface area contributed by atoms with Crippen molar-refractivity contribution in [3.05, 3.63) is 115 Å². The molecule has 0 spiro atoms. The van der Waals surface area contributed by atoms with Crippen molar-refractivity contribution >= 4 is 22.1 Å². The van der Waals surface area contributed by atoms with E-state index in [1.54, 1.807) is 11.3 Å². The Hall–Kier alpha value is -3.95. The van der Waals surface area contributed by atoms with E-state index in [4.69, 9.17) is 9.40 Å². The van der Waals surface area contributed by atoms with Crippen LogP contribution in [0.25, 0.3) is 55.1 Å². The van der Waals surface area contributed by atoms with Gasteiger partial charge < -0.3 is 4.42 Å². The molecule has 0 radical (unpaired) electrons. The highest BCUT2D eigenvalue weighted by Gasteiger charge is 2.22. The molecule has 0 aliphatic heterocycles. The summed E-state index contributed by atoms with van der Waals surface area (Å²) in [4.78, 5) is 5.84. The summed E-state index contributed by atoms with van der Waals surface area (Å²) in [5.74, 6) is 1.70. The SMILES string of the molecule is c1ccc(-c2ccccc2-c2oc(-c3ncsc3-c3ccccc3)c3ccccc23)cc1. The van der Waals surface area contributed by atoms with Gasteiger partial charge >= 0.3 is 0 Å². The molecular formula is C29H19NOS. The lowest BCUT2D eigenvalue weighted by Crippen LogP contribution is -1.83. The van der Waals surface area contributed by atoms with E-state index in [0.717, 1.165) is 49.6 Å². The van der Waals surface area contributed by atoms with Gasteiger partial charge in [-0.1, -0.05) is 109 Å². The second kappa shape index (κ2) is 7.95. The lowest BCUT2D eigenvalue weighted by molar-refractivity contribution is 0.600. The second-order valence-corrected chi connectivity index (χ2v) is 8.47. The first-order chi connectivity index (χ1) is 15.9. The van der Waals surface area contributed by atoms with Crippen LogP contribution in [0.1, 0.15) is 0 Å². The first-order valence-corrected chi connectivity index (χ1v) is 11.4. The molecule has 2 heterocycles. The molecule has 6 aromatic rings.